The Morgan fingerprint density at radius 2 is 1.79 bits per heavy atom. The summed E-state index contributed by atoms with van der Waals surface area (Å²) < 4.78 is 20.1. The summed E-state index contributed by atoms with van der Waals surface area (Å²) in [5, 5.41) is 11.6. The van der Waals surface area contributed by atoms with Crippen molar-refractivity contribution >= 4 is 5.91 Å². The third-order valence-electron chi connectivity index (χ3n) is 4.42. The average Bonchev–Trinajstić information content (AvgIpc) is 2.74. The second-order valence-corrected chi connectivity index (χ2v) is 6.21. The van der Waals surface area contributed by atoms with E-state index in [1.165, 1.54) is 13.2 Å². The van der Waals surface area contributed by atoms with Crippen LogP contribution in [-0.4, -0.2) is 13.0 Å². The molecule has 1 N–H and O–H groups in total. The van der Waals surface area contributed by atoms with Crippen molar-refractivity contribution in [2.75, 3.05) is 7.11 Å². The van der Waals surface area contributed by atoms with Gasteiger partial charge >= 0.3 is 0 Å². The van der Waals surface area contributed by atoms with Crippen molar-refractivity contribution in [2.24, 2.45) is 0 Å². The molecule has 5 heteroatoms. The van der Waals surface area contributed by atoms with Crippen LogP contribution in [-0.2, 0) is 16.1 Å². The molecule has 140 valence electrons. The van der Waals surface area contributed by atoms with E-state index < -0.39 is 17.8 Å². The van der Waals surface area contributed by atoms with Gasteiger partial charge in [0.25, 0.3) is 5.91 Å². The topological polar surface area (TPSA) is 62.1 Å². The number of hydrogen-bond acceptors (Lipinski definition) is 3. The Balaban J connectivity index is 1.84. The number of methoxy groups -OCH3 is 1. The van der Waals surface area contributed by atoms with Crippen LogP contribution < -0.4 is 5.32 Å². The highest BCUT2D eigenvalue weighted by Gasteiger charge is 2.26. The van der Waals surface area contributed by atoms with E-state index in [9.17, 15) is 9.18 Å². The minimum atomic E-state index is -1.09. The van der Waals surface area contributed by atoms with Crippen molar-refractivity contribution in [3.05, 3.63) is 95.3 Å². The SMILES string of the molecule is COC(C(=O)NCc1ccc(C#N)cc1)c1c(F)cccc1-c1ccccc1. The van der Waals surface area contributed by atoms with Gasteiger partial charge < -0.3 is 10.1 Å². The van der Waals surface area contributed by atoms with E-state index in [0.717, 1.165) is 11.1 Å². The molecule has 0 aliphatic carbocycles. The molecule has 1 atom stereocenters. The van der Waals surface area contributed by atoms with Crippen molar-refractivity contribution in [3.8, 4) is 17.2 Å². The van der Waals surface area contributed by atoms with Gasteiger partial charge in [0.15, 0.2) is 6.10 Å². The van der Waals surface area contributed by atoms with Crippen LogP contribution >= 0.6 is 0 Å². The Labute approximate surface area is 163 Å². The van der Waals surface area contributed by atoms with Crippen LogP contribution in [0.25, 0.3) is 11.1 Å². The zero-order valence-electron chi connectivity index (χ0n) is 15.4. The highest BCUT2D eigenvalue weighted by molar-refractivity contribution is 5.85. The van der Waals surface area contributed by atoms with Gasteiger partial charge in [-0.15, -0.1) is 0 Å². The molecule has 0 radical (unpaired) electrons. The third-order valence-corrected chi connectivity index (χ3v) is 4.42. The molecule has 0 saturated heterocycles. The van der Waals surface area contributed by atoms with Crippen LogP contribution in [0.15, 0.2) is 72.8 Å². The normalized spacial score (nSPS) is 11.5. The lowest BCUT2D eigenvalue weighted by Crippen LogP contribution is -2.30. The smallest absolute Gasteiger partial charge is 0.254 e. The fraction of sp³-hybridized carbons (Fsp3) is 0.130. The molecule has 0 saturated carbocycles. The number of carbonyl (C=O) groups is 1. The molecule has 1 unspecified atom stereocenters. The second kappa shape index (κ2) is 8.94. The Kier molecular flexibility index (Phi) is 6.15. The summed E-state index contributed by atoms with van der Waals surface area (Å²) in [6.07, 6.45) is -1.09. The number of amides is 1. The zero-order chi connectivity index (χ0) is 19.9. The van der Waals surface area contributed by atoms with Crippen molar-refractivity contribution < 1.29 is 13.9 Å². The summed E-state index contributed by atoms with van der Waals surface area (Å²) in [7, 11) is 1.38. The van der Waals surface area contributed by atoms with Crippen molar-refractivity contribution in [1.82, 2.24) is 5.32 Å². The molecule has 0 aliphatic heterocycles. The van der Waals surface area contributed by atoms with Crippen LogP contribution in [0.5, 0.6) is 0 Å². The Bertz CT molecular complexity index is 995. The van der Waals surface area contributed by atoms with Gasteiger partial charge in [0.05, 0.1) is 11.6 Å². The monoisotopic (exact) mass is 374 g/mol. The fourth-order valence-corrected chi connectivity index (χ4v) is 3.01. The first kappa shape index (κ1) is 19.3. The number of hydrogen-bond donors (Lipinski definition) is 1. The molecule has 4 nitrogen and oxygen atoms in total. The van der Waals surface area contributed by atoms with E-state index in [1.807, 2.05) is 36.4 Å². The number of ether oxygens (including phenoxy) is 1. The summed E-state index contributed by atoms with van der Waals surface area (Å²) in [5.41, 5.74) is 3.00. The van der Waals surface area contributed by atoms with Gasteiger partial charge in [-0.1, -0.05) is 54.6 Å². The van der Waals surface area contributed by atoms with Crippen molar-refractivity contribution in [3.63, 3.8) is 0 Å². The number of rotatable bonds is 6. The maximum atomic E-state index is 14.7. The van der Waals surface area contributed by atoms with Gasteiger partial charge in [-0.2, -0.15) is 5.26 Å². The Hall–Kier alpha value is -3.49. The van der Waals surface area contributed by atoms with Crippen LogP contribution in [0.3, 0.4) is 0 Å². The van der Waals surface area contributed by atoms with E-state index >= 15 is 0 Å². The molecule has 1 amide bonds. The molecule has 0 fully saturated rings. The maximum Gasteiger partial charge on any atom is 0.254 e. The quantitative estimate of drug-likeness (QED) is 0.697. The largest absolute Gasteiger partial charge is 0.367 e. The molecular formula is C23H19FN2O2. The first-order chi connectivity index (χ1) is 13.6. The van der Waals surface area contributed by atoms with Crippen LogP contribution in [0.4, 0.5) is 4.39 Å². The second-order valence-electron chi connectivity index (χ2n) is 6.21. The standard InChI is InChI=1S/C23H19FN2O2/c1-28-22(23(27)26-15-17-12-10-16(14-25)11-13-17)21-19(8-5-9-20(21)24)18-6-3-2-4-7-18/h2-13,22H,15H2,1H3,(H,26,27). The zero-order valence-corrected chi connectivity index (χ0v) is 15.4. The molecule has 3 rings (SSSR count). The van der Waals surface area contributed by atoms with Crippen LogP contribution in [0, 0.1) is 17.1 Å². The first-order valence-electron chi connectivity index (χ1n) is 8.77. The van der Waals surface area contributed by atoms with Gasteiger partial charge in [-0.3, -0.25) is 4.79 Å². The minimum absolute atomic E-state index is 0.202. The summed E-state index contributed by atoms with van der Waals surface area (Å²) in [6.45, 7) is 0.250. The van der Waals surface area contributed by atoms with Crippen LogP contribution in [0.2, 0.25) is 0 Å². The number of halogens is 1. The lowest BCUT2D eigenvalue weighted by Gasteiger charge is -2.20. The summed E-state index contributed by atoms with van der Waals surface area (Å²) in [5.74, 6) is -0.934. The number of nitriles is 1. The molecule has 0 aromatic heterocycles. The molecule has 0 heterocycles. The number of nitrogens with one attached hydrogen (secondary N) is 1. The minimum Gasteiger partial charge on any atom is -0.367 e. The molecule has 0 spiro atoms. The van der Waals surface area contributed by atoms with Gasteiger partial charge in [-0.25, -0.2) is 4.39 Å². The van der Waals surface area contributed by atoms with E-state index in [4.69, 9.17) is 10.00 Å². The lowest BCUT2D eigenvalue weighted by molar-refractivity contribution is -0.131. The maximum absolute atomic E-state index is 14.7. The molecule has 0 bridgehead atoms. The van der Waals surface area contributed by atoms with E-state index in [1.54, 1.807) is 36.4 Å². The third kappa shape index (κ3) is 4.25. The fourth-order valence-electron chi connectivity index (χ4n) is 3.01. The average molecular weight is 374 g/mol. The number of nitrogens with zero attached hydrogens (tertiary/aromatic N) is 1. The number of benzene rings is 3. The lowest BCUT2D eigenvalue weighted by atomic mass is 9.95. The van der Waals surface area contributed by atoms with Crippen LogP contribution in [0.1, 0.15) is 22.8 Å². The highest BCUT2D eigenvalue weighted by atomic mass is 19.1. The predicted molar refractivity (Wildman–Crippen MR) is 105 cm³/mol. The van der Waals surface area contributed by atoms with Crippen molar-refractivity contribution in [1.29, 1.82) is 5.26 Å². The first-order valence-corrected chi connectivity index (χ1v) is 8.77. The summed E-state index contributed by atoms with van der Waals surface area (Å²) in [6, 6.07) is 23.0. The van der Waals surface area contributed by atoms with Gasteiger partial charge in [0.2, 0.25) is 0 Å². The van der Waals surface area contributed by atoms with Gasteiger partial charge in [0.1, 0.15) is 5.82 Å². The van der Waals surface area contributed by atoms with E-state index in [0.29, 0.717) is 11.1 Å². The van der Waals surface area contributed by atoms with E-state index in [-0.39, 0.29) is 12.1 Å². The van der Waals surface area contributed by atoms with Crippen molar-refractivity contribution in [2.45, 2.75) is 12.6 Å². The Morgan fingerprint density at radius 3 is 2.43 bits per heavy atom. The summed E-state index contributed by atoms with van der Waals surface area (Å²) in [4.78, 5) is 12.8. The highest BCUT2D eigenvalue weighted by Crippen LogP contribution is 2.32. The molecule has 3 aromatic rings. The molecular weight excluding hydrogens is 355 g/mol. The molecule has 3 aromatic carbocycles. The Morgan fingerprint density at radius 1 is 1.07 bits per heavy atom. The molecule has 28 heavy (non-hydrogen) atoms. The summed E-state index contributed by atoms with van der Waals surface area (Å²) >= 11 is 0. The van der Waals surface area contributed by atoms with Gasteiger partial charge in [-0.05, 0) is 34.9 Å². The van der Waals surface area contributed by atoms with Gasteiger partial charge in [0, 0.05) is 19.2 Å². The number of carbonyl (C=O) groups excluding carboxylic acids is 1. The molecule has 0 aliphatic rings. The predicted octanol–water partition coefficient (Wildman–Crippen LogP) is 4.37. The van der Waals surface area contributed by atoms with E-state index in [2.05, 4.69) is 5.32 Å².